The van der Waals surface area contributed by atoms with Gasteiger partial charge >= 0.3 is 0 Å². The van der Waals surface area contributed by atoms with E-state index in [1.165, 1.54) is 0 Å². The average Bonchev–Trinajstić information content (AvgIpc) is 2.33. The van der Waals surface area contributed by atoms with E-state index in [-0.39, 0.29) is 6.42 Å². The Kier molecular flexibility index (Phi) is 4.00. The second kappa shape index (κ2) is 5.32. The normalized spacial score (nSPS) is 21.5. The molecule has 0 aromatic heterocycles. The van der Waals surface area contributed by atoms with Gasteiger partial charge in [0.1, 0.15) is 0 Å². The topological polar surface area (TPSA) is 12.0 Å². The molecule has 1 aliphatic heterocycles. The molecule has 1 nitrogen and oxygen atoms in total. The highest BCUT2D eigenvalue weighted by Gasteiger charge is 2.40. The first-order chi connectivity index (χ1) is 8.09. The number of alkyl halides is 2. The molecule has 17 heavy (non-hydrogen) atoms. The van der Waals surface area contributed by atoms with Crippen LogP contribution in [0.1, 0.15) is 24.8 Å². The van der Waals surface area contributed by atoms with Crippen molar-refractivity contribution in [3.63, 3.8) is 0 Å². The van der Waals surface area contributed by atoms with Gasteiger partial charge in [0.2, 0.25) is 0 Å². The summed E-state index contributed by atoms with van der Waals surface area (Å²) in [6.45, 7) is 0.683. The zero-order valence-corrected chi connectivity index (χ0v) is 10.3. The Morgan fingerprint density at radius 1 is 1.29 bits per heavy atom. The number of piperidine rings is 1. The number of benzene rings is 1. The third-order valence-corrected chi connectivity index (χ3v) is 3.57. The zero-order chi connectivity index (χ0) is 12.3. The van der Waals surface area contributed by atoms with Gasteiger partial charge in [0.25, 0.3) is 5.92 Å². The first-order valence-corrected chi connectivity index (χ1v) is 6.32. The van der Waals surface area contributed by atoms with Crippen LogP contribution in [0.3, 0.4) is 0 Å². The number of halogens is 3. The molecule has 1 heterocycles. The maximum Gasteiger partial charge on any atom is 0.267 e. The fourth-order valence-electron chi connectivity index (χ4n) is 2.23. The van der Waals surface area contributed by atoms with Crippen molar-refractivity contribution in [2.24, 2.45) is 0 Å². The van der Waals surface area contributed by atoms with Crippen LogP contribution in [0.25, 0.3) is 0 Å². The van der Waals surface area contributed by atoms with Crippen LogP contribution < -0.4 is 5.32 Å². The van der Waals surface area contributed by atoms with Gasteiger partial charge in [-0.3, -0.25) is 0 Å². The van der Waals surface area contributed by atoms with Gasteiger partial charge < -0.3 is 5.32 Å². The SMILES string of the molecule is FC(F)(Cc1ccccc1Cl)C1CCCCN1. The lowest BCUT2D eigenvalue weighted by atomic mass is 9.94. The van der Waals surface area contributed by atoms with E-state index in [1.54, 1.807) is 24.3 Å². The number of nitrogens with one attached hydrogen (secondary N) is 1. The highest BCUT2D eigenvalue weighted by atomic mass is 35.5. The predicted octanol–water partition coefficient (Wildman–Crippen LogP) is 3.66. The molecular formula is C13H16ClF2N. The Morgan fingerprint density at radius 2 is 2.06 bits per heavy atom. The van der Waals surface area contributed by atoms with Crippen LogP contribution in [-0.4, -0.2) is 18.5 Å². The molecule has 1 aromatic carbocycles. The van der Waals surface area contributed by atoms with E-state index in [9.17, 15) is 8.78 Å². The molecule has 0 aliphatic carbocycles. The van der Waals surface area contributed by atoms with Crippen LogP contribution >= 0.6 is 11.6 Å². The minimum atomic E-state index is -2.73. The monoisotopic (exact) mass is 259 g/mol. The summed E-state index contributed by atoms with van der Waals surface area (Å²) in [5.74, 6) is -2.73. The number of hydrogen-bond donors (Lipinski definition) is 1. The van der Waals surface area contributed by atoms with E-state index < -0.39 is 12.0 Å². The molecular weight excluding hydrogens is 244 g/mol. The maximum atomic E-state index is 14.1. The van der Waals surface area contributed by atoms with Gasteiger partial charge in [0, 0.05) is 11.4 Å². The first-order valence-electron chi connectivity index (χ1n) is 5.94. The summed E-state index contributed by atoms with van der Waals surface area (Å²) >= 11 is 5.92. The van der Waals surface area contributed by atoms with Crippen LogP contribution in [0.5, 0.6) is 0 Å². The Hall–Kier alpha value is -0.670. The summed E-state index contributed by atoms with van der Waals surface area (Å²) in [6, 6.07) is 6.10. The summed E-state index contributed by atoms with van der Waals surface area (Å²) in [5, 5.41) is 3.33. The van der Waals surface area contributed by atoms with Crippen molar-refractivity contribution in [3.05, 3.63) is 34.9 Å². The fourth-order valence-corrected chi connectivity index (χ4v) is 2.43. The first kappa shape index (κ1) is 12.8. The van der Waals surface area contributed by atoms with Gasteiger partial charge in [-0.2, -0.15) is 0 Å². The van der Waals surface area contributed by atoms with Crippen molar-refractivity contribution in [1.82, 2.24) is 5.32 Å². The molecule has 0 spiro atoms. The van der Waals surface area contributed by atoms with E-state index in [0.29, 0.717) is 23.6 Å². The summed E-state index contributed by atoms with van der Waals surface area (Å²) in [6.07, 6.45) is 2.11. The number of rotatable bonds is 3. The van der Waals surface area contributed by atoms with E-state index in [2.05, 4.69) is 5.32 Å². The molecule has 1 atom stereocenters. The molecule has 2 rings (SSSR count). The van der Waals surface area contributed by atoms with Crippen LogP contribution in [0.15, 0.2) is 24.3 Å². The molecule has 0 radical (unpaired) electrons. The quantitative estimate of drug-likeness (QED) is 0.874. The van der Waals surface area contributed by atoms with Crippen LogP contribution in [0.4, 0.5) is 8.78 Å². The highest BCUT2D eigenvalue weighted by molar-refractivity contribution is 6.31. The van der Waals surface area contributed by atoms with Crippen LogP contribution in [0, 0.1) is 0 Å². The third kappa shape index (κ3) is 3.17. The average molecular weight is 260 g/mol. The molecule has 1 aliphatic rings. The van der Waals surface area contributed by atoms with E-state index in [0.717, 1.165) is 12.8 Å². The van der Waals surface area contributed by atoms with E-state index in [1.807, 2.05) is 0 Å². The zero-order valence-electron chi connectivity index (χ0n) is 9.56. The Bertz CT molecular complexity index is 375. The van der Waals surface area contributed by atoms with Crippen molar-refractivity contribution in [2.45, 2.75) is 37.6 Å². The second-order valence-electron chi connectivity index (χ2n) is 4.53. The van der Waals surface area contributed by atoms with Crippen LogP contribution in [0.2, 0.25) is 5.02 Å². The summed E-state index contributed by atoms with van der Waals surface area (Å²) in [5.41, 5.74) is 0.520. The Morgan fingerprint density at radius 3 is 2.71 bits per heavy atom. The Labute approximate surface area is 105 Å². The van der Waals surface area contributed by atoms with Gasteiger partial charge in [-0.25, -0.2) is 8.78 Å². The van der Waals surface area contributed by atoms with Crippen LogP contribution in [-0.2, 0) is 6.42 Å². The fraction of sp³-hybridized carbons (Fsp3) is 0.538. The molecule has 1 unspecified atom stereocenters. The van der Waals surface area contributed by atoms with Gasteiger partial charge in [0.05, 0.1) is 6.04 Å². The molecule has 0 saturated carbocycles. The van der Waals surface area contributed by atoms with Gasteiger partial charge in [-0.15, -0.1) is 0 Å². The van der Waals surface area contributed by atoms with Gasteiger partial charge in [-0.05, 0) is 31.0 Å². The van der Waals surface area contributed by atoms with Crippen molar-refractivity contribution < 1.29 is 8.78 Å². The van der Waals surface area contributed by atoms with Crippen molar-refractivity contribution in [1.29, 1.82) is 0 Å². The van der Waals surface area contributed by atoms with E-state index in [4.69, 9.17) is 11.6 Å². The molecule has 1 fully saturated rings. The second-order valence-corrected chi connectivity index (χ2v) is 4.94. The molecule has 0 amide bonds. The highest BCUT2D eigenvalue weighted by Crippen LogP contribution is 2.31. The summed E-state index contributed by atoms with van der Waals surface area (Å²) in [7, 11) is 0. The predicted molar refractivity (Wildman–Crippen MR) is 65.7 cm³/mol. The minimum Gasteiger partial charge on any atom is -0.309 e. The summed E-state index contributed by atoms with van der Waals surface area (Å²) < 4.78 is 28.1. The lowest BCUT2D eigenvalue weighted by Gasteiger charge is -2.31. The lowest BCUT2D eigenvalue weighted by molar-refractivity contribution is -0.0441. The molecule has 0 bridgehead atoms. The van der Waals surface area contributed by atoms with E-state index >= 15 is 0 Å². The molecule has 1 saturated heterocycles. The largest absolute Gasteiger partial charge is 0.309 e. The summed E-state index contributed by atoms with van der Waals surface area (Å²) in [4.78, 5) is 0. The Balaban J connectivity index is 2.08. The lowest BCUT2D eigenvalue weighted by Crippen LogP contribution is -2.48. The molecule has 1 N–H and O–H groups in total. The van der Waals surface area contributed by atoms with Crippen molar-refractivity contribution in [3.8, 4) is 0 Å². The molecule has 1 aromatic rings. The van der Waals surface area contributed by atoms with Gasteiger partial charge in [0.15, 0.2) is 0 Å². The van der Waals surface area contributed by atoms with Gasteiger partial charge in [-0.1, -0.05) is 36.2 Å². The van der Waals surface area contributed by atoms with Crippen molar-refractivity contribution >= 4 is 11.6 Å². The smallest absolute Gasteiger partial charge is 0.267 e. The number of hydrogen-bond acceptors (Lipinski definition) is 1. The molecule has 4 heteroatoms. The van der Waals surface area contributed by atoms with Crippen molar-refractivity contribution in [2.75, 3.05) is 6.54 Å². The minimum absolute atomic E-state index is 0.287. The maximum absolute atomic E-state index is 14.1. The third-order valence-electron chi connectivity index (χ3n) is 3.20. The standard InChI is InChI=1S/C13H16ClF2N/c14-11-6-2-1-5-10(11)9-13(15,16)12-7-3-4-8-17-12/h1-2,5-6,12,17H,3-4,7-9H2. The molecule has 94 valence electrons.